The SMILES string of the molecule is CN(Cc1cccnc1)C1CCC(I)CC1. The van der Waals surface area contributed by atoms with Gasteiger partial charge in [0.2, 0.25) is 0 Å². The molecule has 88 valence electrons. The fourth-order valence-electron chi connectivity index (χ4n) is 2.38. The number of pyridine rings is 1. The highest BCUT2D eigenvalue weighted by atomic mass is 127. The predicted octanol–water partition coefficient (Wildman–Crippen LogP) is 3.26. The Morgan fingerprint density at radius 2 is 2.12 bits per heavy atom. The molecule has 0 aromatic carbocycles. The molecule has 3 heteroatoms. The quantitative estimate of drug-likeness (QED) is 0.625. The summed E-state index contributed by atoms with van der Waals surface area (Å²) in [6.45, 7) is 1.03. The second-order valence-electron chi connectivity index (χ2n) is 4.68. The summed E-state index contributed by atoms with van der Waals surface area (Å²) in [6.07, 6.45) is 9.27. The molecule has 1 saturated carbocycles. The molecule has 0 aliphatic heterocycles. The molecule has 0 atom stereocenters. The number of alkyl halides is 1. The summed E-state index contributed by atoms with van der Waals surface area (Å²) in [5.74, 6) is 0. The lowest BCUT2D eigenvalue weighted by atomic mass is 9.94. The van der Waals surface area contributed by atoms with E-state index in [1.807, 2.05) is 18.5 Å². The Kier molecular flexibility index (Phi) is 4.58. The second-order valence-corrected chi connectivity index (χ2v) is 6.44. The molecule has 0 bridgehead atoms. The molecule has 0 spiro atoms. The first-order valence-electron chi connectivity index (χ1n) is 5.99. The van der Waals surface area contributed by atoms with E-state index in [0.29, 0.717) is 0 Å². The van der Waals surface area contributed by atoms with Crippen LogP contribution < -0.4 is 0 Å². The van der Waals surface area contributed by atoms with Gasteiger partial charge in [-0.3, -0.25) is 9.88 Å². The van der Waals surface area contributed by atoms with Crippen LogP contribution in [0.4, 0.5) is 0 Å². The molecular weight excluding hydrogens is 311 g/mol. The maximum absolute atomic E-state index is 4.17. The molecule has 0 radical (unpaired) electrons. The monoisotopic (exact) mass is 330 g/mol. The molecule has 2 rings (SSSR count). The molecule has 1 aliphatic rings. The van der Waals surface area contributed by atoms with Crippen LogP contribution in [-0.2, 0) is 6.54 Å². The molecular formula is C13H19IN2. The Hall–Kier alpha value is -0.160. The van der Waals surface area contributed by atoms with Crippen molar-refractivity contribution < 1.29 is 0 Å². The lowest BCUT2D eigenvalue weighted by molar-refractivity contribution is 0.188. The fourth-order valence-corrected chi connectivity index (χ4v) is 3.10. The first-order valence-corrected chi connectivity index (χ1v) is 7.23. The summed E-state index contributed by atoms with van der Waals surface area (Å²) in [6, 6.07) is 4.95. The van der Waals surface area contributed by atoms with Crippen molar-refractivity contribution in [1.82, 2.24) is 9.88 Å². The van der Waals surface area contributed by atoms with Crippen molar-refractivity contribution in [1.29, 1.82) is 0 Å². The van der Waals surface area contributed by atoms with Crippen LogP contribution in [0, 0.1) is 0 Å². The van der Waals surface area contributed by atoms with E-state index >= 15 is 0 Å². The van der Waals surface area contributed by atoms with E-state index in [1.165, 1.54) is 31.2 Å². The summed E-state index contributed by atoms with van der Waals surface area (Å²) in [4.78, 5) is 6.65. The number of aromatic nitrogens is 1. The van der Waals surface area contributed by atoms with E-state index in [0.717, 1.165) is 16.5 Å². The van der Waals surface area contributed by atoms with Crippen LogP contribution in [0.3, 0.4) is 0 Å². The third-order valence-electron chi connectivity index (χ3n) is 3.40. The van der Waals surface area contributed by atoms with Gasteiger partial charge in [-0.1, -0.05) is 28.7 Å². The van der Waals surface area contributed by atoms with Gasteiger partial charge in [0.1, 0.15) is 0 Å². The van der Waals surface area contributed by atoms with Gasteiger partial charge in [0, 0.05) is 28.9 Å². The fraction of sp³-hybridized carbons (Fsp3) is 0.615. The summed E-state index contributed by atoms with van der Waals surface area (Å²) >= 11 is 2.59. The van der Waals surface area contributed by atoms with Gasteiger partial charge in [0.05, 0.1) is 0 Å². The molecule has 1 heterocycles. The van der Waals surface area contributed by atoms with Gasteiger partial charge in [-0.25, -0.2) is 0 Å². The smallest absolute Gasteiger partial charge is 0.0312 e. The Balaban J connectivity index is 1.86. The first-order chi connectivity index (χ1) is 7.75. The maximum atomic E-state index is 4.17. The largest absolute Gasteiger partial charge is 0.299 e. The third-order valence-corrected chi connectivity index (χ3v) is 4.65. The van der Waals surface area contributed by atoms with Crippen LogP contribution >= 0.6 is 22.6 Å². The van der Waals surface area contributed by atoms with E-state index < -0.39 is 0 Å². The van der Waals surface area contributed by atoms with Crippen molar-refractivity contribution in [2.45, 2.75) is 42.2 Å². The first kappa shape index (κ1) is 12.3. The Bertz CT molecular complexity index is 307. The standard InChI is InChI=1S/C13H19IN2/c1-16(10-11-3-2-8-15-9-11)13-6-4-12(14)5-7-13/h2-3,8-9,12-13H,4-7,10H2,1H3. The Labute approximate surface area is 112 Å². The van der Waals surface area contributed by atoms with Crippen LogP contribution in [0.1, 0.15) is 31.2 Å². The second kappa shape index (κ2) is 5.96. The summed E-state index contributed by atoms with van der Waals surface area (Å²) in [7, 11) is 2.24. The molecule has 0 N–H and O–H groups in total. The van der Waals surface area contributed by atoms with E-state index in [-0.39, 0.29) is 0 Å². The van der Waals surface area contributed by atoms with Crippen LogP contribution in [0.15, 0.2) is 24.5 Å². The van der Waals surface area contributed by atoms with E-state index in [9.17, 15) is 0 Å². The molecule has 1 aliphatic carbocycles. The normalized spacial score (nSPS) is 25.9. The highest BCUT2D eigenvalue weighted by Gasteiger charge is 2.22. The Morgan fingerprint density at radius 3 is 2.75 bits per heavy atom. The number of hydrogen-bond donors (Lipinski definition) is 0. The summed E-state index contributed by atoms with van der Waals surface area (Å²) in [5.41, 5.74) is 1.32. The van der Waals surface area contributed by atoms with E-state index in [1.54, 1.807) is 0 Å². The predicted molar refractivity (Wildman–Crippen MR) is 75.8 cm³/mol. The highest BCUT2D eigenvalue weighted by Crippen LogP contribution is 2.27. The maximum Gasteiger partial charge on any atom is 0.0312 e. The molecule has 1 aromatic rings. The summed E-state index contributed by atoms with van der Waals surface area (Å²) in [5, 5.41) is 0. The summed E-state index contributed by atoms with van der Waals surface area (Å²) < 4.78 is 0.903. The minimum atomic E-state index is 0.770. The minimum absolute atomic E-state index is 0.770. The van der Waals surface area contributed by atoms with Gasteiger partial charge in [-0.05, 0) is 44.4 Å². The van der Waals surface area contributed by atoms with Gasteiger partial charge < -0.3 is 0 Å². The molecule has 16 heavy (non-hydrogen) atoms. The van der Waals surface area contributed by atoms with Crippen molar-refractivity contribution >= 4 is 22.6 Å². The Morgan fingerprint density at radius 1 is 1.38 bits per heavy atom. The average Bonchev–Trinajstić information content (AvgIpc) is 2.31. The molecule has 2 nitrogen and oxygen atoms in total. The lowest BCUT2D eigenvalue weighted by Gasteiger charge is -2.33. The van der Waals surface area contributed by atoms with Gasteiger partial charge in [-0.2, -0.15) is 0 Å². The third kappa shape index (κ3) is 3.42. The van der Waals surface area contributed by atoms with Crippen molar-refractivity contribution in [3.63, 3.8) is 0 Å². The molecule has 1 fully saturated rings. The minimum Gasteiger partial charge on any atom is -0.299 e. The molecule has 0 amide bonds. The zero-order valence-electron chi connectivity index (χ0n) is 9.77. The number of hydrogen-bond acceptors (Lipinski definition) is 2. The number of rotatable bonds is 3. The van der Waals surface area contributed by atoms with Gasteiger partial charge in [0.25, 0.3) is 0 Å². The molecule has 0 unspecified atom stereocenters. The zero-order valence-corrected chi connectivity index (χ0v) is 11.9. The lowest BCUT2D eigenvalue weighted by Crippen LogP contribution is -2.34. The van der Waals surface area contributed by atoms with Crippen molar-refractivity contribution in [3.05, 3.63) is 30.1 Å². The van der Waals surface area contributed by atoms with Gasteiger partial charge in [0.15, 0.2) is 0 Å². The van der Waals surface area contributed by atoms with E-state index in [4.69, 9.17) is 0 Å². The van der Waals surface area contributed by atoms with Crippen LogP contribution in [-0.4, -0.2) is 26.9 Å². The van der Waals surface area contributed by atoms with E-state index in [2.05, 4.69) is 45.6 Å². The topological polar surface area (TPSA) is 16.1 Å². The highest BCUT2D eigenvalue weighted by molar-refractivity contribution is 14.1. The number of nitrogens with zero attached hydrogens (tertiary/aromatic N) is 2. The number of halogens is 1. The molecule has 1 aromatic heterocycles. The van der Waals surface area contributed by atoms with Crippen molar-refractivity contribution in [2.24, 2.45) is 0 Å². The van der Waals surface area contributed by atoms with Crippen LogP contribution in [0.25, 0.3) is 0 Å². The molecule has 0 saturated heterocycles. The zero-order chi connectivity index (χ0) is 11.4. The van der Waals surface area contributed by atoms with Crippen molar-refractivity contribution in [3.8, 4) is 0 Å². The van der Waals surface area contributed by atoms with Gasteiger partial charge in [-0.15, -0.1) is 0 Å². The van der Waals surface area contributed by atoms with Crippen LogP contribution in [0.5, 0.6) is 0 Å². The van der Waals surface area contributed by atoms with Crippen molar-refractivity contribution in [2.75, 3.05) is 7.05 Å². The van der Waals surface area contributed by atoms with Crippen LogP contribution in [0.2, 0.25) is 0 Å². The average molecular weight is 330 g/mol. The van der Waals surface area contributed by atoms with Gasteiger partial charge >= 0.3 is 0 Å².